The molecule has 0 aromatic carbocycles. The van der Waals surface area contributed by atoms with Crippen LogP contribution in [0.4, 0.5) is 4.79 Å². The van der Waals surface area contributed by atoms with Crippen molar-refractivity contribution < 1.29 is 9.53 Å². The second kappa shape index (κ2) is 9.78. The average Bonchev–Trinajstić information content (AvgIpc) is 3.10. The summed E-state index contributed by atoms with van der Waals surface area (Å²) in [5.41, 5.74) is 4.46. The molecule has 2 aromatic rings. The highest BCUT2D eigenvalue weighted by Gasteiger charge is 2.04. The maximum Gasteiger partial charge on any atom is 0.421 e. The Morgan fingerprint density at radius 2 is 2.14 bits per heavy atom. The molecule has 3 N–H and O–H groups in total. The Kier molecular flexibility index (Phi) is 8.40. The van der Waals surface area contributed by atoms with Crippen LogP contribution in [0.3, 0.4) is 0 Å². The summed E-state index contributed by atoms with van der Waals surface area (Å²) in [5, 5.41) is 5.45. The summed E-state index contributed by atoms with van der Waals surface area (Å²) >= 11 is 3.45. The predicted octanol–water partition coefficient (Wildman–Crippen LogP) is 3.25. The number of ether oxygens (including phenoxy) is 1. The van der Waals surface area contributed by atoms with Gasteiger partial charge in [-0.15, -0.1) is 35.1 Å². The second-order valence-electron chi connectivity index (χ2n) is 4.66. The lowest BCUT2D eigenvalue weighted by atomic mass is 10.1. The first-order valence-electron chi connectivity index (χ1n) is 6.78. The number of aromatic nitrogens is 1. The fourth-order valence-corrected chi connectivity index (χ4v) is 3.55. The van der Waals surface area contributed by atoms with Gasteiger partial charge in [-0.1, -0.05) is 0 Å². The van der Waals surface area contributed by atoms with Gasteiger partial charge in [0.25, 0.3) is 0 Å². The molecule has 0 aliphatic rings. The molecule has 1 amide bonds. The van der Waals surface area contributed by atoms with Gasteiger partial charge in [-0.25, -0.2) is 15.6 Å². The fourth-order valence-electron chi connectivity index (χ4n) is 1.94. The molecule has 0 fully saturated rings. The lowest BCUT2D eigenvalue weighted by Gasteiger charge is -2.02. The number of aryl methyl sites for hydroxylation is 4. The first-order valence-corrected chi connectivity index (χ1v) is 8.54. The Morgan fingerprint density at radius 3 is 2.82 bits per heavy atom. The third-order valence-electron chi connectivity index (χ3n) is 2.96. The van der Waals surface area contributed by atoms with Gasteiger partial charge in [-0.2, -0.15) is 0 Å². The van der Waals surface area contributed by atoms with E-state index in [1.165, 1.54) is 16.1 Å². The summed E-state index contributed by atoms with van der Waals surface area (Å²) < 4.78 is 4.85. The van der Waals surface area contributed by atoms with E-state index in [1.54, 1.807) is 22.7 Å². The highest BCUT2D eigenvalue weighted by atomic mass is 35.5. The van der Waals surface area contributed by atoms with E-state index in [4.69, 9.17) is 10.6 Å². The van der Waals surface area contributed by atoms with Crippen LogP contribution in [0.15, 0.2) is 16.8 Å². The molecule has 0 unspecified atom stereocenters. The van der Waals surface area contributed by atoms with Crippen molar-refractivity contribution in [2.75, 3.05) is 6.61 Å². The molecule has 2 heterocycles. The largest absolute Gasteiger partial charge is 0.449 e. The number of nitrogens with one attached hydrogen (secondary N) is 1. The SMILES string of the molecule is Cc1nc(CCc2csc(CCCOC(=O)NN)c2)cs1.Cl. The van der Waals surface area contributed by atoms with Crippen molar-refractivity contribution in [3.8, 4) is 0 Å². The molecular weight excluding hydrogens is 342 g/mol. The van der Waals surface area contributed by atoms with E-state index in [9.17, 15) is 4.79 Å². The lowest BCUT2D eigenvalue weighted by molar-refractivity contribution is 0.145. The minimum absolute atomic E-state index is 0. The van der Waals surface area contributed by atoms with E-state index in [0.29, 0.717) is 6.61 Å². The fraction of sp³-hybridized carbons (Fsp3) is 0.429. The van der Waals surface area contributed by atoms with Gasteiger partial charge in [0.1, 0.15) is 0 Å². The molecule has 2 aromatic heterocycles. The number of rotatable bonds is 7. The number of hydrazine groups is 1. The minimum Gasteiger partial charge on any atom is -0.449 e. The molecule has 0 saturated carbocycles. The first kappa shape index (κ1) is 18.9. The Morgan fingerprint density at radius 1 is 1.32 bits per heavy atom. The monoisotopic (exact) mass is 361 g/mol. The Balaban J connectivity index is 0.00000242. The first-order chi connectivity index (χ1) is 10.2. The zero-order chi connectivity index (χ0) is 15.1. The summed E-state index contributed by atoms with van der Waals surface area (Å²) in [6.07, 6.45) is 3.14. The molecule has 0 atom stereocenters. The summed E-state index contributed by atoms with van der Waals surface area (Å²) in [4.78, 5) is 16.6. The van der Waals surface area contributed by atoms with Crippen LogP contribution < -0.4 is 11.3 Å². The zero-order valence-electron chi connectivity index (χ0n) is 12.3. The van der Waals surface area contributed by atoms with E-state index in [2.05, 4.69) is 21.8 Å². The van der Waals surface area contributed by atoms with Gasteiger partial charge in [0.15, 0.2) is 0 Å². The van der Waals surface area contributed by atoms with Crippen LogP contribution in [0.1, 0.15) is 27.6 Å². The number of thiophene rings is 1. The highest BCUT2D eigenvalue weighted by molar-refractivity contribution is 7.10. The van der Waals surface area contributed by atoms with Crippen LogP contribution in [0, 0.1) is 6.92 Å². The summed E-state index contributed by atoms with van der Waals surface area (Å²) in [7, 11) is 0. The van der Waals surface area contributed by atoms with Gasteiger partial charge in [-0.3, -0.25) is 5.43 Å². The molecule has 8 heteroatoms. The van der Waals surface area contributed by atoms with E-state index in [0.717, 1.165) is 30.7 Å². The lowest BCUT2D eigenvalue weighted by Crippen LogP contribution is -2.30. The van der Waals surface area contributed by atoms with Gasteiger partial charge in [0.2, 0.25) is 0 Å². The third-order valence-corrected chi connectivity index (χ3v) is 4.83. The third kappa shape index (κ3) is 6.31. The standard InChI is InChI=1S/C14H19N3O2S2.ClH/c1-10-16-12(9-20-10)5-4-11-7-13(21-8-11)3-2-6-19-14(18)17-15;/h7-9H,2-6,15H2,1H3,(H,17,18);1H. The van der Waals surface area contributed by atoms with Gasteiger partial charge < -0.3 is 4.74 Å². The number of carbonyl (C=O) groups is 1. The van der Waals surface area contributed by atoms with Crippen LogP contribution in [-0.2, 0) is 24.0 Å². The normalized spacial score (nSPS) is 10.1. The molecule has 0 aliphatic carbocycles. The van der Waals surface area contributed by atoms with Crippen molar-refractivity contribution in [3.05, 3.63) is 38.0 Å². The van der Waals surface area contributed by atoms with Gasteiger partial charge in [0, 0.05) is 10.3 Å². The quantitative estimate of drug-likeness (QED) is 0.343. The number of halogens is 1. The van der Waals surface area contributed by atoms with Crippen LogP contribution in [0.25, 0.3) is 0 Å². The average molecular weight is 362 g/mol. The molecule has 0 spiro atoms. The smallest absolute Gasteiger partial charge is 0.421 e. The van der Waals surface area contributed by atoms with Crippen molar-refractivity contribution in [1.82, 2.24) is 10.4 Å². The van der Waals surface area contributed by atoms with Crippen LogP contribution in [0.2, 0.25) is 0 Å². The molecule has 0 saturated heterocycles. The highest BCUT2D eigenvalue weighted by Crippen LogP contribution is 2.19. The summed E-state index contributed by atoms with van der Waals surface area (Å²) in [6.45, 7) is 2.41. The molecule has 22 heavy (non-hydrogen) atoms. The molecular formula is C14H20ClN3O2S2. The maximum absolute atomic E-state index is 10.8. The summed E-state index contributed by atoms with van der Waals surface area (Å²) in [6, 6.07) is 2.23. The Bertz CT molecular complexity index is 586. The van der Waals surface area contributed by atoms with Crippen molar-refractivity contribution in [2.45, 2.75) is 32.6 Å². The van der Waals surface area contributed by atoms with E-state index < -0.39 is 6.09 Å². The maximum atomic E-state index is 10.8. The summed E-state index contributed by atoms with van der Waals surface area (Å²) in [5.74, 6) is 4.92. The van der Waals surface area contributed by atoms with Gasteiger partial charge in [-0.05, 0) is 49.6 Å². The number of amides is 1. The topological polar surface area (TPSA) is 77.2 Å². The number of hydrogen-bond acceptors (Lipinski definition) is 6. The van der Waals surface area contributed by atoms with Crippen molar-refractivity contribution in [1.29, 1.82) is 0 Å². The zero-order valence-corrected chi connectivity index (χ0v) is 14.8. The number of carbonyl (C=O) groups excluding carboxylic acids is 1. The van der Waals surface area contributed by atoms with Crippen LogP contribution in [-0.4, -0.2) is 17.7 Å². The predicted molar refractivity (Wildman–Crippen MR) is 92.8 cm³/mol. The molecule has 2 rings (SSSR count). The number of hydrogen-bond donors (Lipinski definition) is 2. The van der Waals surface area contributed by atoms with Crippen LogP contribution in [0.5, 0.6) is 0 Å². The molecule has 122 valence electrons. The molecule has 0 radical (unpaired) electrons. The van der Waals surface area contributed by atoms with Crippen molar-refractivity contribution in [3.63, 3.8) is 0 Å². The second-order valence-corrected chi connectivity index (χ2v) is 6.72. The Labute approximate surface area is 144 Å². The van der Waals surface area contributed by atoms with E-state index in [-0.39, 0.29) is 12.4 Å². The minimum atomic E-state index is -0.583. The van der Waals surface area contributed by atoms with Gasteiger partial charge in [0.05, 0.1) is 17.3 Å². The van der Waals surface area contributed by atoms with E-state index >= 15 is 0 Å². The van der Waals surface area contributed by atoms with Crippen molar-refractivity contribution in [2.24, 2.45) is 5.84 Å². The number of thiazole rings is 1. The Hall–Kier alpha value is -1.15. The van der Waals surface area contributed by atoms with E-state index in [1.807, 2.05) is 12.3 Å². The number of nitrogens with zero attached hydrogens (tertiary/aromatic N) is 1. The van der Waals surface area contributed by atoms with Gasteiger partial charge >= 0.3 is 6.09 Å². The van der Waals surface area contributed by atoms with Crippen LogP contribution >= 0.6 is 35.1 Å². The molecule has 0 bridgehead atoms. The van der Waals surface area contributed by atoms with Crippen molar-refractivity contribution >= 4 is 41.2 Å². The molecule has 5 nitrogen and oxygen atoms in total. The number of nitrogens with two attached hydrogens (primary N) is 1. The molecule has 0 aliphatic heterocycles.